The predicted octanol–water partition coefficient (Wildman–Crippen LogP) is 4.17. The molecule has 3 rings (SSSR count). The van der Waals surface area contributed by atoms with Gasteiger partial charge in [0, 0.05) is 5.69 Å². The van der Waals surface area contributed by atoms with Crippen LogP contribution in [0.2, 0.25) is 0 Å². The molecule has 0 bridgehead atoms. The molecule has 0 radical (unpaired) electrons. The number of aromatic nitrogens is 2. The highest BCUT2D eigenvalue weighted by molar-refractivity contribution is 7.99. The molecule has 1 heterocycles. The number of aryl methyl sites for hydroxylation is 1. The lowest BCUT2D eigenvalue weighted by Crippen LogP contribution is -2.13. The number of carbonyl (C=O) groups excluding carboxylic acids is 1. The Morgan fingerprint density at radius 2 is 1.92 bits per heavy atom. The normalized spacial score (nSPS) is 10.5. The lowest BCUT2D eigenvalue weighted by atomic mass is 10.2. The van der Waals surface area contributed by atoms with Crippen molar-refractivity contribution in [1.82, 2.24) is 10.2 Å². The van der Waals surface area contributed by atoms with Gasteiger partial charge in [-0.1, -0.05) is 41.6 Å². The molecule has 0 saturated carbocycles. The van der Waals surface area contributed by atoms with Gasteiger partial charge in [-0.15, -0.1) is 10.2 Å². The highest BCUT2D eigenvalue weighted by Crippen LogP contribution is 2.30. The van der Waals surface area contributed by atoms with Crippen molar-refractivity contribution in [2.45, 2.75) is 19.1 Å². The maximum absolute atomic E-state index is 12.0. The van der Waals surface area contributed by atoms with Gasteiger partial charge in [0.1, 0.15) is 5.75 Å². The summed E-state index contributed by atoms with van der Waals surface area (Å²) in [7, 11) is 0. The molecule has 3 aromatic rings. The summed E-state index contributed by atoms with van der Waals surface area (Å²) in [5, 5.41) is 11.2. The molecular formula is C19H19N3O3S. The van der Waals surface area contributed by atoms with Gasteiger partial charge in [0.05, 0.1) is 17.9 Å². The van der Waals surface area contributed by atoms with Gasteiger partial charge in [0.2, 0.25) is 5.91 Å². The monoisotopic (exact) mass is 369 g/mol. The molecule has 1 aromatic heterocycles. The van der Waals surface area contributed by atoms with E-state index in [1.807, 2.05) is 62.4 Å². The van der Waals surface area contributed by atoms with Crippen LogP contribution in [0.1, 0.15) is 12.5 Å². The summed E-state index contributed by atoms with van der Waals surface area (Å²) in [6.45, 7) is 4.46. The van der Waals surface area contributed by atoms with Crippen molar-refractivity contribution in [2.75, 3.05) is 17.7 Å². The Bertz CT molecular complexity index is 878. The molecular weight excluding hydrogens is 350 g/mol. The Morgan fingerprint density at radius 1 is 1.15 bits per heavy atom. The van der Waals surface area contributed by atoms with E-state index in [4.69, 9.17) is 9.15 Å². The van der Waals surface area contributed by atoms with Gasteiger partial charge in [-0.2, -0.15) is 0 Å². The topological polar surface area (TPSA) is 77.2 Å². The number of thioether (sulfide) groups is 1. The molecule has 26 heavy (non-hydrogen) atoms. The fourth-order valence-electron chi connectivity index (χ4n) is 2.26. The minimum absolute atomic E-state index is 0.131. The Hall–Kier alpha value is -2.80. The van der Waals surface area contributed by atoms with Crippen LogP contribution < -0.4 is 10.1 Å². The van der Waals surface area contributed by atoms with E-state index in [0.29, 0.717) is 23.5 Å². The third-order valence-corrected chi connectivity index (χ3v) is 4.30. The van der Waals surface area contributed by atoms with Crippen LogP contribution in [0, 0.1) is 6.92 Å². The quantitative estimate of drug-likeness (QED) is 0.630. The second kappa shape index (κ2) is 8.53. The molecule has 2 aromatic carbocycles. The van der Waals surface area contributed by atoms with Crippen molar-refractivity contribution in [2.24, 2.45) is 0 Å². The molecule has 0 aliphatic carbocycles. The van der Waals surface area contributed by atoms with Crippen molar-refractivity contribution in [3.63, 3.8) is 0 Å². The van der Waals surface area contributed by atoms with E-state index in [-0.39, 0.29) is 11.7 Å². The molecule has 1 amide bonds. The maximum Gasteiger partial charge on any atom is 0.277 e. The number of nitrogens with one attached hydrogen (secondary N) is 1. The van der Waals surface area contributed by atoms with E-state index in [2.05, 4.69) is 15.5 Å². The molecule has 1 N–H and O–H groups in total. The summed E-state index contributed by atoms with van der Waals surface area (Å²) in [5.41, 5.74) is 2.64. The van der Waals surface area contributed by atoms with Crippen LogP contribution in [0.3, 0.4) is 0 Å². The molecule has 7 heteroatoms. The van der Waals surface area contributed by atoms with Gasteiger partial charge >= 0.3 is 0 Å². The average Bonchev–Trinajstić information content (AvgIpc) is 3.12. The van der Waals surface area contributed by atoms with Crippen molar-refractivity contribution in [3.05, 3.63) is 54.1 Å². The molecule has 6 nitrogen and oxygen atoms in total. The smallest absolute Gasteiger partial charge is 0.277 e. The van der Waals surface area contributed by atoms with Gasteiger partial charge < -0.3 is 14.5 Å². The molecule has 0 unspecified atom stereocenters. The Balaban J connectivity index is 1.60. The first-order valence-electron chi connectivity index (χ1n) is 8.20. The summed E-state index contributed by atoms with van der Waals surface area (Å²) in [5.74, 6) is 1.11. The average molecular weight is 369 g/mol. The molecule has 0 fully saturated rings. The van der Waals surface area contributed by atoms with Crippen molar-refractivity contribution in [3.8, 4) is 17.2 Å². The number of anilines is 1. The zero-order chi connectivity index (χ0) is 18.4. The lowest BCUT2D eigenvalue weighted by molar-refractivity contribution is -0.113. The predicted molar refractivity (Wildman–Crippen MR) is 101 cm³/mol. The number of rotatable bonds is 7. The number of para-hydroxylation sites is 1. The Kier molecular flexibility index (Phi) is 5.91. The van der Waals surface area contributed by atoms with Crippen molar-refractivity contribution in [1.29, 1.82) is 0 Å². The van der Waals surface area contributed by atoms with Crippen LogP contribution in [0.15, 0.2) is 58.2 Å². The maximum atomic E-state index is 12.0. The first kappa shape index (κ1) is 18.0. The second-order valence-corrected chi connectivity index (χ2v) is 6.43. The molecule has 0 saturated heterocycles. The van der Waals surface area contributed by atoms with Crippen LogP contribution in [-0.2, 0) is 4.79 Å². The molecule has 134 valence electrons. The van der Waals surface area contributed by atoms with E-state index < -0.39 is 0 Å². The minimum Gasteiger partial charge on any atom is -0.493 e. The SMILES string of the molecule is CCOc1ccccc1-c1nnc(SCC(=O)Nc2ccc(C)cc2)o1. The summed E-state index contributed by atoms with van der Waals surface area (Å²) in [6, 6.07) is 15.1. The third kappa shape index (κ3) is 4.64. The van der Waals surface area contributed by atoms with Gasteiger partial charge in [-0.25, -0.2) is 0 Å². The van der Waals surface area contributed by atoms with Crippen LogP contribution in [0.5, 0.6) is 5.75 Å². The fourth-order valence-corrected chi connectivity index (χ4v) is 2.83. The number of carbonyl (C=O) groups is 1. The zero-order valence-corrected chi connectivity index (χ0v) is 15.4. The lowest BCUT2D eigenvalue weighted by Gasteiger charge is -2.06. The number of ether oxygens (including phenoxy) is 1. The van der Waals surface area contributed by atoms with Crippen LogP contribution in [0.25, 0.3) is 11.5 Å². The number of benzene rings is 2. The number of hydrogen-bond acceptors (Lipinski definition) is 6. The van der Waals surface area contributed by atoms with E-state index in [9.17, 15) is 4.79 Å². The standard InChI is InChI=1S/C19H19N3O3S/c1-3-24-16-7-5-4-6-15(16)18-21-22-19(25-18)26-12-17(23)20-14-10-8-13(2)9-11-14/h4-11H,3,12H2,1-2H3,(H,20,23). The van der Waals surface area contributed by atoms with Crippen LogP contribution in [-0.4, -0.2) is 28.5 Å². The molecule has 0 atom stereocenters. The first-order chi connectivity index (χ1) is 12.7. The highest BCUT2D eigenvalue weighted by atomic mass is 32.2. The third-order valence-electron chi connectivity index (χ3n) is 3.49. The number of amides is 1. The summed E-state index contributed by atoms with van der Waals surface area (Å²) < 4.78 is 11.2. The Labute approximate surface area is 156 Å². The van der Waals surface area contributed by atoms with Crippen molar-refractivity contribution < 1.29 is 13.9 Å². The highest BCUT2D eigenvalue weighted by Gasteiger charge is 2.14. The van der Waals surface area contributed by atoms with Crippen molar-refractivity contribution >= 4 is 23.4 Å². The minimum atomic E-state index is -0.131. The van der Waals surface area contributed by atoms with Crippen LogP contribution >= 0.6 is 11.8 Å². The molecule has 0 aliphatic heterocycles. The van der Waals surface area contributed by atoms with E-state index >= 15 is 0 Å². The van der Waals surface area contributed by atoms with Crippen LogP contribution in [0.4, 0.5) is 5.69 Å². The van der Waals surface area contributed by atoms with Gasteiger partial charge in [-0.3, -0.25) is 4.79 Å². The molecule has 0 spiro atoms. The van der Waals surface area contributed by atoms with E-state index in [0.717, 1.165) is 16.8 Å². The number of hydrogen-bond donors (Lipinski definition) is 1. The summed E-state index contributed by atoms with van der Waals surface area (Å²) >= 11 is 1.19. The second-order valence-electron chi connectivity index (χ2n) is 5.51. The largest absolute Gasteiger partial charge is 0.493 e. The van der Waals surface area contributed by atoms with E-state index in [1.165, 1.54) is 11.8 Å². The van der Waals surface area contributed by atoms with Gasteiger partial charge in [-0.05, 0) is 38.1 Å². The van der Waals surface area contributed by atoms with Gasteiger partial charge in [0.15, 0.2) is 0 Å². The summed E-state index contributed by atoms with van der Waals surface area (Å²) in [6.07, 6.45) is 0. The summed E-state index contributed by atoms with van der Waals surface area (Å²) in [4.78, 5) is 12.0. The number of nitrogens with zero attached hydrogens (tertiary/aromatic N) is 2. The fraction of sp³-hybridized carbons (Fsp3) is 0.211. The Morgan fingerprint density at radius 3 is 2.69 bits per heavy atom. The first-order valence-corrected chi connectivity index (χ1v) is 9.19. The van der Waals surface area contributed by atoms with E-state index in [1.54, 1.807) is 0 Å². The van der Waals surface area contributed by atoms with Gasteiger partial charge in [0.25, 0.3) is 11.1 Å². The molecule has 0 aliphatic rings. The zero-order valence-electron chi connectivity index (χ0n) is 14.6.